The van der Waals surface area contributed by atoms with Crippen molar-refractivity contribution in [2.75, 3.05) is 6.61 Å². The zero-order chi connectivity index (χ0) is 16.2. The van der Waals surface area contributed by atoms with E-state index in [1.165, 1.54) is 18.2 Å². The first-order valence-corrected chi connectivity index (χ1v) is 7.11. The van der Waals surface area contributed by atoms with Crippen molar-refractivity contribution in [1.29, 1.82) is 0 Å². The van der Waals surface area contributed by atoms with Crippen LogP contribution >= 0.6 is 15.9 Å². The molecule has 0 heterocycles. The third-order valence-electron chi connectivity index (χ3n) is 2.53. The fourth-order valence-corrected chi connectivity index (χ4v) is 2.31. The number of alkyl carbamates (subject to hydrolysis) is 1. The summed E-state index contributed by atoms with van der Waals surface area (Å²) in [6.45, 7) is 4.77. The van der Waals surface area contributed by atoms with E-state index in [-0.39, 0.29) is 12.2 Å². The average Bonchev–Trinajstić information content (AvgIpc) is 2.34. The number of rotatable bonds is 4. The van der Waals surface area contributed by atoms with Crippen molar-refractivity contribution in [3.8, 4) is 0 Å². The van der Waals surface area contributed by atoms with Gasteiger partial charge in [-0.3, -0.25) is 0 Å². The molecule has 0 fully saturated rings. The second-order valence-corrected chi connectivity index (χ2v) is 6.32. The lowest BCUT2D eigenvalue weighted by Gasteiger charge is -2.23. The van der Waals surface area contributed by atoms with Crippen LogP contribution in [-0.2, 0) is 4.74 Å². The van der Waals surface area contributed by atoms with Gasteiger partial charge in [-0.05, 0) is 32.4 Å². The van der Waals surface area contributed by atoms with E-state index in [4.69, 9.17) is 4.74 Å². The lowest BCUT2D eigenvalue weighted by Crippen LogP contribution is -2.36. The molecule has 1 aromatic rings. The normalized spacial score (nSPS) is 13.1. The van der Waals surface area contributed by atoms with Crippen LogP contribution in [0.1, 0.15) is 44.4 Å². The molecular formula is C14H18BrF2NO3. The molecule has 1 rings (SSSR count). The maximum absolute atomic E-state index is 12.6. The maximum atomic E-state index is 12.6. The fourth-order valence-electron chi connectivity index (χ4n) is 1.63. The molecule has 0 spiro atoms. The maximum Gasteiger partial charge on any atom is 0.408 e. The smallest absolute Gasteiger partial charge is 0.408 e. The fraction of sp³-hybridized carbons (Fsp3) is 0.500. The Hall–Kier alpha value is -1.21. The van der Waals surface area contributed by atoms with Crippen LogP contribution in [0.25, 0.3) is 0 Å². The third-order valence-corrected chi connectivity index (χ3v) is 3.21. The molecule has 0 aliphatic carbocycles. The van der Waals surface area contributed by atoms with Crippen LogP contribution in [-0.4, -0.2) is 23.4 Å². The standard InChI is InChI=1S/C14H18BrF2NO3/c1-14(2,3)21-13(20)18-11(7-19)9-5-4-8(12(16)17)6-10(9)15/h4-6,11-12,19H,7H2,1-3H3,(H,18,20)/t11-/m1/s1. The van der Waals surface area contributed by atoms with E-state index in [2.05, 4.69) is 21.2 Å². The van der Waals surface area contributed by atoms with E-state index < -0.39 is 24.2 Å². The van der Waals surface area contributed by atoms with Crippen molar-refractivity contribution >= 4 is 22.0 Å². The van der Waals surface area contributed by atoms with Crippen molar-refractivity contribution in [1.82, 2.24) is 5.32 Å². The Morgan fingerprint density at radius 2 is 2.05 bits per heavy atom. The Morgan fingerprint density at radius 1 is 1.43 bits per heavy atom. The predicted molar refractivity (Wildman–Crippen MR) is 78.3 cm³/mol. The molecule has 1 atom stereocenters. The zero-order valence-corrected chi connectivity index (χ0v) is 13.6. The number of carbonyl (C=O) groups excluding carboxylic acids is 1. The van der Waals surface area contributed by atoms with Gasteiger partial charge in [0.2, 0.25) is 0 Å². The number of aliphatic hydroxyl groups is 1. The first-order chi connectivity index (χ1) is 9.64. The summed E-state index contributed by atoms with van der Waals surface area (Å²) in [6.07, 6.45) is -3.27. The van der Waals surface area contributed by atoms with Gasteiger partial charge in [0.15, 0.2) is 0 Å². The van der Waals surface area contributed by atoms with Crippen LogP contribution in [0.3, 0.4) is 0 Å². The van der Waals surface area contributed by atoms with E-state index in [0.29, 0.717) is 10.0 Å². The number of benzene rings is 1. The molecule has 2 N–H and O–H groups in total. The molecule has 7 heteroatoms. The first-order valence-electron chi connectivity index (χ1n) is 6.32. The van der Waals surface area contributed by atoms with Gasteiger partial charge in [0.1, 0.15) is 5.60 Å². The van der Waals surface area contributed by atoms with Crippen molar-refractivity contribution in [2.45, 2.75) is 38.8 Å². The van der Waals surface area contributed by atoms with Crippen molar-refractivity contribution in [3.05, 3.63) is 33.8 Å². The molecule has 21 heavy (non-hydrogen) atoms. The molecule has 0 aliphatic rings. The van der Waals surface area contributed by atoms with Crippen LogP contribution in [0.4, 0.5) is 13.6 Å². The van der Waals surface area contributed by atoms with Crippen LogP contribution in [0.2, 0.25) is 0 Å². The van der Waals surface area contributed by atoms with Gasteiger partial charge in [0, 0.05) is 10.0 Å². The lowest BCUT2D eigenvalue weighted by molar-refractivity contribution is 0.0481. The minimum atomic E-state index is -2.58. The number of ether oxygens (including phenoxy) is 1. The average molecular weight is 366 g/mol. The summed E-state index contributed by atoms with van der Waals surface area (Å²) in [5.74, 6) is 0. The van der Waals surface area contributed by atoms with E-state index in [1.54, 1.807) is 20.8 Å². The van der Waals surface area contributed by atoms with Gasteiger partial charge in [-0.1, -0.05) is 28.1 Å². The number of nitrogens with one attached hydrogen (secondary N) is 1. The first kappa shape index (κ1) is 17.8. The highest BCUT2D eigenvalue weighted by molar-refractivity contribution is 9.10. The molecule has 0 saturated heterocycles. The minimum Gasteiger partial charge on any atom is -0.444 e. The molecule has 0 unspecified atom stereocenters. The molecular weight excluding hydrogens is 348 g/mol. The summed E-state index contributed by atoms with van der Waals surface area (Å²) in [5.41, 5.74) is -0.312. The van der Waals surface area contributed by atoms with Gasteiger partial charge >= 0.3 is 6.09 Å². The van der Waals surface area contributed by atoms with Crippen molar-refractivity contribution in [3.63, 3.8) is 0 Å². The number of amides is 1. The molecule has 1 aromatic carbocycles. The number of aliphatic hydroxyl groups excluding tert-OH is 1. The molecule has 4 nitrogen and oxygen atoms in total. The Morgan fingerprint density at radius 3 is 2.48 bits per heavy atom. The molecule has 0 saturated carbocycles. The Labute approximate surface area is 130 Å². The number of hydrogen-bond donors (Lipinski definition) is 2. The number of hydrogen-bond acceptors (Lipinski definition) is 3. The monoisotopic (exact) mass is 365 g/mol. The number of halogens is 3. The molecule has 0 aliphatic heterocycles. The van der Waals surface area contributed by atoms with Crippen molar-refractivity contribution < 1.29 is 23.4 Å². The molecule has 118 valence electrons. The third kappa shape index (κ3) is 5.59. The van der Waals surface area contributed by atoms with Crippen molar-refractivity contribution in [2.24, 2.45) is 0 Å². The quantitative estimate of drug-likeness (QED) is 0.849. The summed E-state index contributed by atoms with van der Waals surface area (Å²) >= 11 is 3.17. The molecule has 0 aromatic heterocycles. The highest BCUT2D eigenvalue weighted by Crippen LogP contribution is 2.29. The Balaban J connectivity index is 2.88. The number of carbonyl (C=O) groups is 1. The van der Waals surface area contributed by atoms with E-state index in [9.17, 15) is 18.7 Å². The number of alkyl halides is 2. The van der Waals surface area contributed by atoms with Gasteiger partial charge in [-0.2, -0.15) is 0 Å². The van der Waals surface area contributed by atoms with Crippen LogP contribution in [0, 0.1) is 0 Å². The highest BCUT2D eigenvalue weighted by Gasteiger charge is 2.22. The topological polar surface area (TPSA) is 58.6 Å². The zero-order valence-electron chi connectivity index (χ0n) is 12.0. The summed E-state index contributed by atoms with van der Waals surface area (Å²) < 4.78 is 30.7. The van der Waals surface area contributed by atoms with Gasteiger partial charge in [-0.25, -0.2) is 13.6 Å². The summed E-state index contributed by atoms with van der Waals surface area (Å²) in [7, 11) is 0. The van der Waals surface area contributed by atoms with E-state index in [0.717, 1.165) is 0 Å². The molecule has 0 radical (unpaired) electrons. The molecule has 0 bridgehead atoms. The predicted octanol–water partition coefficient (Wildman–Crippen LogP) is 3.94. The van der Waals surface area contributed by atoms with Crippen LogP contribution < -0.4 is 5.32 Å². The van der Waals surface area contributed by atoms with E-state index >= 15 is 0 Å². The SMILES string of the molecule is CC(C)(C)OC(=O)N[C@H](CO)c1ccc(C(F)F)cc1Br. The van der Waals surface area contributed by atoms with Gasteiger partial charge in [0.25, 0.3) is 6.43 Å². The second-order valence-electron chi connectivity index (χ2n) is 5.46. The minimum absolute atomic E-state index is 0.139. The summed E-state index contributed by atoms with van der Waals surface area (Å²) in [4.78, 5) is 11.7. The summed E-state index contributed by atoms with van der Waals surface area (Å²) in [5, 5.41) is 11.9. The van der Waals surface area contributed by atoms with Crippen LogP contribution in [0.15, 0.2) is 22.7 Å². The van der Waals surface area contributed by atoms with E-state index in [1.807, 2.05) is 0 Å². The Bertz CT molecular complexity index is 503. The van der Waals surface area contributed by atoms with Gasteiger partial charge < -0.3 is 15.2 Å². The second kappa shape index (κ2) is 7.17. The Kier molecular flexibility index (Phi) is 6.10. The van der Waals surface area contributed by atoms with Gasteiger partial charge in [-0.15, -0.1) is 0 Å². The van der Waals surface area contributed by atoms with Crippen LogP contribution in [0.5, 0.6) is 0 Å². The van der Waals surface area contributed by atoms with Gasteiger partial charge in [0.05, 0.1) is 12.6 Å². The molecule has 1 amide bonds. The highest BCUT2D eigenvalue weighted by atomic mass is 79.9. The largest absolute Gasteiger partial charge is 0.444 e. The lowest BCUT2D eigenvalue weighted by atomic mass is 10.1. The summed E-state index contributed by atoms with van der Waals surface area (Å²) in [6, 6.07) is 3.20.